The van der Waals surface area contributed by atoms with Crippen LogP contribution in [0, 0.1) is 0 Å². The van der Waals surface area contributed by atoms with Gasteiger partial charge in [0.1, 0.15) is 24.8 Å². The van der Waals surface area contributed by atoms with Crippen LogP contribution in [0.25, 0.3) is 0 Å². The van der Waals surface area contributed by atoms with Gasteiger partial charge in [0.25, 0.3) is 11.8 Å². The van der Waals surface area contributed by atoms with Crippen molar-refractivity contribution in [2.45, 2.75) is 13.1 Å². The molecule has 0 saturated carbocycles. The summed E-state index contributed by atoms with van der Waals surface area (Å²) in [5.74, 6) is -0.333. The third-order valence-electron chi connectivity index (χ3n) is 3.78. The fourth-order valence-electron chi connectivity index (χ4n) is 2.60. The van der Waals surface area contributed by atoms with E-state index in [1.165, 1.54) is 0 Å². The maximum atomic E-state index is 12.3. The number of amides is 2. The van der Waals surface area contributed by atoms with Crippen LogP contribution in [0.2, 0.25) is 0 Å². The number of carbonyl (C=O) groups excluding carboxylic acids is 2. The second-order valence-corrected chi connectivity index (χ2v) is 6.14. The Morgan fingerprint density at radius 3 is 1.62 bits per heavy atom. The Bertz CT molecular complexity index is 852. The van der Waals surface area contributed by atoms with E-state index in [2.05, 4.69) is 10.6 Å². The number of aryl methyl sites for hydroxylation is 2. The van der Waals surface area contributed by atoms with Crippen molar-refractivity contribution in [2.24, 2.45) is 14.1 Å². The highest BCUT2D eigenvalue weighted by molar-refractivity contribution is 5.99. The van der Waals surface area contributed by atoms with Crippen molar-refractivity contribution in [3.05, 3.63) is 61.7 Å². The number of imidazole rings is 2. The molecule has 0 bridgehead atoms. The van der Waals surface area contributed by atoms with E-state index in [1.807, 2.05) is 72.8 Å². The first-order valence-corrected chi connectivity index (χ1v) is 8.20. The molecule has 2 amide bonds. The van der Waals surface area contributed by atoms with Gasteiger partial charge >= 0.3 is 0 Å². The number of hydrogen-bond acceptors (Lipinski definition) is 2. The van der Waals surface area contributed by atoms with Gasteiger partial charge in [-0.25, -0.2) is 18.3 Å². The Hall–Kier alpha value is -3.42. The summed E-state index contributed by atoms with van der Waals surface area (Å²) in [6, 6.07) is 7.15. The van der Waals surface area contributed by atoms with E-state index in [1.54, 1.807) is 21.3 Å². The van der Waals surface area contributed by atoms with Gasteiger partial charge in [-0.2, -0.15) is 0 Å². The molecule has 0 aliphatic rings. The van der Waals surface area contributed by atoms with Gasteiger partial charge in [0.15, 0.2) is 13.1 Å². The first kappa shape index (κ1) is 17.4. The van der Waals surface area contributed by atoms with Crippen LogP contribution in [0.5, 0.6) is 0 Å². The predicted octanol–water partition coefficient (Wildman–Crippen LogP) is 0.216. The highest BCUT2D eigenvalue weighted by Crippen LogP contribution is 2.21. The maximum Gasteiger partial charge on any atom is 0.266 e. The summed E-state index contributed by atoms with van der Waals surface area (Å²) in [6.07, 6.45) is 11.0. The molecule has 3 rings (SSSR count). The number of benzene rings is 1. The average molecular weight is 354 g/mol. The number of nitrogens with one attached hydrogen (secondary N) is 2. The van der Waals surface area contributed by atoms with Gasteiger partial charge in [0.05, 0.1) is 25.5 Å². The predicted molar refractivity (Wildman–Crippen MR) is 94.9 cm³/mol. The number of nitrogens with zero attached hydrogens (tertiary/aromatic N) is 4. The Morgan fingerprint density at radius 1 is 0.846 bits per heavy atom. The number of aromatic nitrogens is 4. The molecule has 8 nitrogen and oxygen atoms in total. The highest BCUT2D eigenvalue weighted by atomic mass is 16.2. The Morgan fingerprint density at radius 2 is 1.27 bits per heavy atom. The number of hydrogen-bond donors (Lipinski definition) is 2. The second kappa shape index (κ2) is 7.64. The minimum Gasteiger partial charge on any atom is -0.321 e. The topological polar surface area (TPSA) is 75.8 Å². The van der Waals surface area contributed by atoms with Gasteiger partial charge in [0, 0.05) is 0 Å². The minimum atomic E-state index is -0.166. The van der Waals surface area contributed by atoms with E-state index < -0.39 is 0 Å². The van der Waals surface area contributed by atoms with E-state index in [-0.39, 0.29) is 24.9 Å². The van der Waals surface area contributed by atoms with E-state index >= 15 is 0 Å². The third kappa shape index (κ3) is 4.56. The highest BCUT2D eigenvalue weighted by Gasteiger charge is 2.13. The molecule has 0 fully saturated rings. The molecule has 134 valence electrons. The van der Waals surface area contributed by atoms with Crippen molar-refractivity contribution in [1.29, 1.82) is 0 Å². The molecular formula is C18H22N6O2+2. The number of anilines is 2. The monoisotopic (exact) mass is 354 g/mol. The van der Waals surface area contributed by atoms with Crippen LogP contribution >= 0.6 is 0 Å². The molecule has 0 unspecified atom stereocenters. The Labute approximate surface area is 151 Å². The SMILES string of the molecule is C[n+]1ccn(CC(=O)Nc2ccccc2NC(=O)Cn2cc[n+](C)c2)c1. The van der Waals surface area contributed by atoms with Gasteiger partial charge in [-0.1, -0.05) is 12.1 Å². The quantitative estimate of drug-likeness (QED) is 0.621. The summed E-state index contributed by atoms with van der Waals surface area (Å²) in [7, 11) is 3.79. The molecular weight excluding hydrogens is 332 g/mol. The minimum absolute atomic E-state index is 0.166. The van der Waals surface area contributed by atoms with Crippen molar-refractivity contribution in [3.63, 3.8) is 0 Å². The van der Waals surface area contributed by atoms with Crippen LogP contribution in [0.3, 0.4) is 0 Å². The zero-order valence-corrected chi connectivity index (χ0v) is 14.8. The lowest BCUT2D eigenvalue weighted by Crippen LogP contribution is -2.26. The summed E-state index contributed by atoms with van der Waals surface area (Å²) in [6.45, 7) is 0.395. The van der Waals surface area contributed by atoms with E-state index in [9.17, 15) is 9.59 Å². The van der Waals surface area contributed by atoms with Gasteiger partial charge < -0.3 is 10.6 Å². The van der Waals surface area contributed by atoms with Gasteiger partial charge in [0.2, 0.25) is 12.7 Å². The molecule has 0 aliphatic heterocycles. The lowest BCUT2D eigenvalue weighted by Gasteiger charge is -2.11. The van der Waals surface area contributed by atoms with E-state index in [0.717, 1.165) is 0 Å². The molecule has 0 radical (unpaired) electrons. The van der Waals surface area contributed by atoms with Crippen LogP contribution in [0.1, 0.15) is 0 Å². The summed E-state index contributed by atoms with van der Waals surface area (Å²) in [5.41, 5.74) is 1.14. The Balaban J connectivity index is 1.63. The number of carbonyl (C=O) groups is 2. The van der Waals surface area contributed by atoms with Crippen molar-refractivity contribution < 1.29 is 18.7 Å². The standard InChI is InChI=1S/C18H20N6O2/c1-21-7-9-23(13-21)11-17(25)19-15-5-3-4-6-16(15)20-18(26)12-24-10-8-22(2)14-24/h3-10,13-14H,11-12H2,1-2H3/p+2. The number of rotatable bonds is 6. The van der Waals surface area contributed by atoms with Gasteiger partial charge in [-0.15, -0.1) is 0 Å². The lowest BCUT2D eigenvalue weighted by molar-refractivity contribution is -0.671. The molecule has 0 aliphatic carbocycles. The van der Waals surface area contributed by atoms with Crippen LogP contribution in [-0.4, -0.2) is 20.9 Å². The number of para-hydroxylation sites is 2. The summed E-state index contributed by atoms with van der Waals surface area (Å²) in [5, 5.41) is 5.69. The summed E-state index contributed by atoms with van der Waals surface area (Å²) in [4.78, 5) is 24.5. The molecule has 8 heteroatoms. The first-order valence-electron chi connectivity index (χ1n) is 8.20. The summed E-state index contributed by atoms with van der Waals surface area (Å²) < 4.78 is 7.29. The smallest absolute Gasteiger partial charge is 0.266 e. The van der Waals surface area contributed by atoms with Crippen molar-refractivity contribution in [3.8, 4) is 0 Å². The third-order valence-corrected chi connectivity index (χ3v) is 3.78. The summed E-state index contributed by atoms with van der Waals surface area (Å²) >= 11 is 0. The van der Waals surface area contributed by atoms with Gasteiger partial charge in [-0.3, -0.25) is 9.59 Å². The second-order valence-electron chi connectivity index (χ2n) is 6.14. The van der Waals surface area contributed by atoms with E-state index in [4.69, 9.17) is 0 Å². The lowest BCUT2D eigenvalue weighted by atomic mass is 10.2. The Kier molecular flexibility index (Phi) is 5.12. The normalized spacial score (nSPS) is 10.5. The zero-order valence-electron chi connectivity index (χ0n) is 14.8. The molecule has 2 aromatic heterocycles. The van der Waals surface area contributed by atoms with Crippen molar-refractivity contribution >= 4 is 23.2 Å². The first-order chi connectivity index (χ1) is 12.5. The maximum absolute atomic E-state index is 12.3. The van der Waals surface area contributed by atoms with Crippen molar-refractivity contribution in [1.82, 2.24) is 9.13 Å². The van der Waals surface area contributed by atoms with Crippen LogP contribution in [0.4, 0.5) is 11.4 Å². The van der Waals surface area contributed by atoms with Crippen molar-refractivity contribution in [2.75, 3.05) is 10.6 Å². The van der Waals surface area contributed by atoms with Crippen LogP contribution in [0.15, 0.2) is 61.7 Å². The van der Waals surface area contributed by atoms with E-state index in [0.29, 0.717) is 11.4 Å². The van der Waals surface area contributed by atoms with Crippen LogP contribution < -0.4 is 19.8 Å². The van der Waals surface area contributed by atoms with Gasteiger partial charge in [-0.05, 0) is 12.1 Å². The molecule has 3 aromatic rings. The molecule has 2 N–H and O–H groups in total. The molecule has 26 heavy (non-hydrogen) atoms. The molecule has 0 saturated heterocycles. The molecule has 0 atom stereocenters. The largest absolute Gasteiger partial charge is 0.321 e. The van der Waals surface area contributed by atoms with Crippen LogP contribution in [-0.2, 0) is 36.8 Å². The fraction of sp³-hybridized carbons (Fsp3) is 0.222. The molecule has 1 aromatic carbocycles. The average Bonchev–Trinajstić information content (AvgIpc) is 3.17. The fourth-order valence-corrected chi connectivity index (χ4v) is 2.60. The molecule has 2 heterocycles. The molecule has 0 spiro atoms. The zero-order chi connectivity index (χ0) is 18.5.